The van der Waals surface area contributed by atoms with Gasteiger partial charge in [0.05, 0.1) is 5.56 Å². The minimum Gasteiger partial charge on any atom is -0.459 e. The molecule has 5 heteroatoms. The van der Waals surface area contributed by atoms with E-state index in [0.717, 1.165) is 63.2 Å². The average Bonchev–Trinajstić information content (AvgIpc) is 2.77. The van der Waals surface area contributed by atoms with Crippen LogP contribution in [0.2, 0.25) is 0 Å². The zero-order valence-corrected chi connectivity index (χ0v) is 18.6. The highest BCUT2D eigenvalue weighted by molar-refractivity contribution is 5.91. The first kappa shape index (κ1) is 22.8. The Labute approximate surface area is 180 Å². The van der Waals surface area contributed by atoms with Gasteiger partial charge in [0.15, 0.2) is 0 Å². The van der Waals surface area contributed by atoms with Crippen LogP contribution in [0.5, 0.6) is 0 Å². The minimum absolute atomic E-state index is 0.00177. The number of pyridine rings is 1. The third-order valence-electron chi connectivity index (χ3n) is 6.74. The van der Waals surface area contributed by atoms with Crippen LogP contribution in [0.1, 0.15) is 112 Å². The summed E-state index contributed by atoms with van der Waals surface area (Å²) in [6.45, 7) is 4.44. The predicted molar refractivity (Wildman–Crippen MR) is 116 cm³/mol. The van der Waals surface area contributed by atoms with E-state index in [9.17, 15) is 9.59 Å². The summed E-state index contributed by atoms with van der Waals surface area (Å²) < 4.78 is 11.3. The van der Waals surface area contributed by atoms with E-state index in [2.05, 4.69) is 18.8 Å². The number of rotatable bonds is 8. The zero-order chi connectivity index (χ0) is 21.3. The molecule has 0 spiro atoms. The van der Waals surface area contributed by atoms with E-state index in [0.29, 0.717) is 5.56 Å². The topological polar surface area (TPSA) is 65.5 Å². The summed E-state index contributed by atoms with van der Waals surface area (Å²) in [6, 6.07) is 3.19. The molecule has 0 amide bonds. The van der Waals surface area contributed by atoms with Gasteiger partial charge in [0, 0.05) is 6.20 Å². The summed E-state index contributed by atoms with van der Waals surface area (Å²) in [4.78, 5) is 29.0. The Morgan fingerprint density at radius 1 is 0.800 bits per heavy atom. The number of aromatic nitrogens is 1. The number of hydrogen-bond acceptors (Lipinski definition) is 5. The van der Waals surface area contributed by atoms with E-state index in [1.54, 1.807) is 12.1 Å². The first-order chi connectivity index (χ1) is 14.6. The van der Waals surface area contributed by atoms with Crippen molar-refractivity contribution in [2.45, 2.75) is 103 Å². The zero-order valence-electron chi connectivity index (χ0n) is 18.6. The highest BCUT2D eigenvalue weighted by atomic mass is 16.5. The molecule has 1 heterocycles. The van der Waals surface area contributed by atoms with Gasteiger partial charge in [-0.2, -0.15) is 0 Å². The van der Waals surface area contributed by atoms with Gasteiger partial charge in [0.25, 0.3) is 0 Å². The monoisotopic (exact) mass is 415 g/mol. The first-order valence-corrected chi connectivity index (χ1v) is 12.0. The largest absolute Gasteiger partial charge is 0.459 e. The van der Waals surface area contributed by atoms with E-state index in [1.807, 2.05) is 0 Å². The molecule has 3 rings (SSSR count). The third kappa shape index (κ3) is 6.55. The fraction of sp³-hybridized carbons (Fsp3) is 0.720. The molecule has 166 valence electrons. The molecule has 0 N–H and O–H groups in total. The molecule has 30 heavy (non-hydrogen) atoms. The van der Waals surface area contributed by atoms with Gasteiger partial charge in [-0.3, -0.25) is 0 Å². The standard InChI is InChI=1S/C25H37NO4/c1-3-5-18-7-12-21(13-8-18)29-24(27)20-11-16-23(26-17-20)25(28)30-22-14-9-19(6-4-2)10-15-22/h11,16-19,21-22H,3-10,12-15H2,1-2H3. The van der Waals surface area contributed by atoms with E-state index in [4.69, 9.17) is 9.47 Å². The van der Waals surface area contributed by atoms with Crippen molar-refractivity contribution < 1.29 is 19.1 Å². The van der Waals surface area contributed by atoms with Gasteiger partial charge in [-0.15, -0.1) is 0 Å². The van der Waals surface area contributed by atoms with Gasteiger partial charge >= 0.3 is 11.9 Å². The van der Waals surface area contributed by atoms with Crippen molar-refractivity contribution in [3.8, 4) is 0 Å². The SMILES string of the molecule is CCCC1CCC(OC(=O)c2ccc(C(=O)OC3CCC(CCC)CC3)nc2)CC1. The van der Waals surface area contributed by atoms with E-state index in [1.165, 1.54) is 31.9 Å². The summed E-state index contributed by atoms with van der Waals surface area (Å²) in [5, 5.41) is 0. The molecule has 0 aliphatic heterocycles. The van der Waals surface area contributed by atoms with E-state index < -0.39 is 5.97 Å². The molecule has 1 aromatic heterocycles. The van der Waals surface area contributed by atoms with Crippen LogP contribution < -0.4 is 0 Å². The normalized spacial score (nSPS) is 26.7. The molecular weight excluding hydrogens is 378 g/mol. The number of carbonyl (C=O) groups excluding carboxylic acids is 2. The van der Waals surface area contributed by atoms with Crippen molar-refractivity contribution in [3.63, 3.8) is 0 Å². The highest BCUT2D eigenvalue weighted by Crippen LogP contribution is 2.30. The molecule has 0 atom stereocenters. The van der Waals surface area contributed by atoms with Crippen molar-refractivity contribution in [2.24, 2.45) is 11.8 Å². The Hall–Kier alpha value is -1.91. The van der Waals surface area contributed by atoms with Crippen LogP contribution >= 0.6 is 0 Å². The Bertz CT molecular complexity index is 612. The second kappa shape index (κ2) is 11.5. The van der Waals surface area contributed by atoms with Gasteiger partial charge in [-0.1, -0.05) is 39.5 Å². The van der Waals surface area contributed by atoms with Crippen LogP contribution in [-0.4, -0.2) is 29.1 Å². The molecule has 0 saturated heterocycles. The van der Waals surface area contributed by atoms with Crippen molar-refractivity contribution in [2.75, 3.05) is 0 Å². The van der Waals surface area contributed by atoms with Crippen molar-refractivity contribution in [3.05, 3.63) is 29.6 Å². The van der Waals surface area contributed by atoms with Crippen LogP contribution in [0, 0.1) is 11.8 Å². The van der Waals surface area contributed by atoms with Crippen LogP contribution in [0.4, 0.5) is 0 Å². The fourth-order valence-electron chi connectivity index (χ4n) is 4.96. The number of esters is 2. The molecule has 0 bridgehead atoms. The Kier molecular flexibility index (Phi) is 8.71. The Balaban J connectivity index is 1.44. The number of ether oxygens (including phenoxy) is 2. The molecule has 2 fully saturated rings. The molecule has 0 radical (unpaired) electrons. The lowest BCUT2D eigenvalue weighted by Gasteiger charge is -2.28. The van der Waals surface area contributed by atoms with E-state index >= 15 is 0 Å². The lowest BCUT2D eigenvalue weighted by Crippen LogP contribution is -2.25. The molecule has 5 nitrogen and oxygen atoms in total. The van der Waals surface area contributed by atoms with Crippen LogP contribution in [0.3, 0.4) is 0 Å². The molecule has 2 aliphatic rings. The highest BCUT2D eigenvalue weighted by Gasteiger charge is 2.26. The van der Waals surface area contributed by atoms with Gasteiger partial charge in [-0.25, -0.2) is 14.6 Å². The summed E-state index contributed by atoms with van der Waals surface area (Å²) >= 11 is 0. The van der Waals surface area contributed by atoms with Gasteiger partial charge < -0.3 is 9.47 Å². The summed E-state index contributed by atoms with van der Waals surface area (Å²) in [5.74, 6) is 0.799. The number of carbonyl (C=O) groups is 2. The average molecular weight is 416 g/mol. The van der Waals surface area contributed by atoms with Gasteiger partial charge in [0.2, 0.25) is 0 Å². The second-order valence-electron chi connectivity index (χ2n) is 9.11. The maximum atomic E-state index is 12.4. The van der Waals surface area contributed by atoms with E-state index in [-0.39, 0.29) is 23.9 Å². The molecular formula is C25H37NO4. The Morgan fingerprint density at radius 2 is 1.30 bits per heavy atom. The maximum Gasteiger partial charge on any atom is 0.357 e. The predicted octanol–water partition coefficient (Wildman–Crippen LogP) is 6.11. The quantitative estimate of drug-likeness (QED) is 0.479. The van der Waals surface area contributed by atoms with Crippen LogP contribution in [0.15, 0.2) is 18.3 Å². The number of hydrogen-bond donors (Lipinski definition) is 0. The minimum atomic E-state index is -0.400. The lowest BCUT2D eigenvalue weighted by molar-refractivity contribution is 0.0143. The first-order valence-electron chi connectivity index (χ1n) is 12.0. The lowest BCUT2D eigenvalue weighted by atomic mass is 9.85. The fourth-order valence-corrected chi connectivity index (χ4v) is 4.96. The third-order valence-corrected chi connectivity index (χ3v) is 6.74. The number of nitrogens with zero attached hydrogens (tertiary/aromatic N) is 1. The molecule has 2 saturated carbocycles. The maximum absolute atomic E-state index is 12.4. The Morgan fingerprint density at radius 3 is 1.73 bits per heavy atom. The molecule has 1 aromatic rings. The van der Waals surface area contributed by atoms with Gasteiger partial charge in [0.1, 0.15) is 17.9 Å². The smallest absolute Gasteiger partial charge is 0.357 e. The van der Waals surface area contributed by atoms with Crippen molar-refractivity contribution >= 4 is 11.9 Å². The van der Waals surface area contributed by atoms with Gasteiger partial charge in [-0.05, 0) is 75.3 Å². The van der Waals surface area contributed by atoms with Crippen molar-refractivity contribution in [1.29, 1.82) is 0 Å². The summed E-state index contributed by atoms with van der Waals surface area (Å²) in [6.07, 6.45) is 14.6. The van der Waals surface area contributed by atoms with Crippen molar-refractivity contribution in [1.82, 2.24) is 4.98 Å². The van der Waals surface area contributed by atoms with Crippen LogP contribution in [0.25, 0.3) is 0 Å². The second-order valence-corrected chi connectivity index (χ2v) is 9.11. The summed E-state index contributed by atoms with van der Waals surface area (Å²) in [5.41, 5.74) is 0.643. The molecule has 0 unspecified atom stereocenters. The van der Waals surface area contributed by atoms with Crippen LogP contribution in [-0.2, 0) is 9.47 Å². The molecule has 2 aliphatic carbocycles. The molecule has 0 aromatic carbocycles. The summed E-state index contributed by atoms with van der Waals surface area (Å²) in [7, 11) is 0.